The number of benzene rings is 1. The summed E-state index contributed by atoms with van der Waals surface area (Å²) in [4.78, 5) is 29.6. The maximum absolute atomic E-state index is 13.0. The largest absolute Gasteiger partial charge is 0.354 e. The number of likely N-dealkylation sites (N-methyl/N-ethyl adjacent to an activating group) is 1. The van der Waals surface area contributed by atoms with Crippen molar-refractivity contribution in [3.8, 4) is 0 Å². The molecule has 1 aromatic carbocycles. The topological polar surface area (TPSA) is 75.4 Å². The smallest absolute Gasteiger partial charge is 0.274 e. The summed E-state index contributed by atoms with van der Waals surface area (Å²) in [6.45, 7) is 7.00. The van der Waals surface area contributed by atoms with Crippen LogP contribution in [0, 0.1) is 6.92 Å². The predicted octanol–water partition coefficient (Wildman–Crippen LogP) is 1.82. The van der Waals surface area contributed by atoms with E-state index in [9.17, 15) is 9.59 Å². The fourth-order valence-corrected chi connectivity index (χ4v) is 4.50. The Morgan fingerprint density at radius 1 is 1.16 bits per heavy atom. The van der Waals surface area contributed by atoms with E-state index in [4.69, 9.17) is 0 Å². The van der Waals surface area contributed by atoms with Gasteiger partial charge in [0, 0.05) is 62.6 Å². The molecule has 0 saturated carbocycles. The van der Waals surface area contributed by atoms with Crippen LogP contribution in [0.2, 0.25) is 0 Å². The molecule has 0 spiro atoms. The lowest BCUT2D eigenvalue weighted by atomic mass is 10.1. The van der Waals surface area contributed by atoms with Crippen LogP contribution >= 0.6 is 0 Å². The molecule has 8 heteroatoms. The van der Waals surface area contributed by atoms with Crippen LogP contribution in [-0.4, -0.2) is 75.2 Å². The molecule has 8 nitrogen and oxygen atoms in total. The van der Waals surface area contributed by atoms with Gasteiger partial charge in [-0.25, -0.2) is 0 Å². The minimum absolute atomic E-state index is 0.0398. The molecule has 32 heavy (non-hydrogen) atoms. The fourth-order valence-electron chi connectivity index (χ4n) is 4.50. The van der Waals surface area contributed by atoms with Crippen LogP contribution in [0.5, 0.6) is 0 Å². The minimum atomic E-state index is -0.366. The number of fused-ring (bicyclic) bond motifs is 1. The summed E-state index contributed by atoms with van der Waals surface area (Å²) in [6.07, 6.45) is 2.58. The SMILES string of the molecule is CCn1ccc(C(=O)N2CCN(C)[C@@H](C(=O)NCCc3c(C)n(C)c4ccccc34)C2)n1. The normalized spacial score (nSPS) is 17.1. The zero-order valence-electron chi connectivity index (χ0n) is 19.3. The van der Waals surface area contributed by atoms with Crippen LogP contribution in [0.15, 0.2) is 36.5 Å². The van der Waals surface area contributed by atoms with Gasteiger partial charge in [0.1, 0.15) is 11.7 Å². The lowest BCUT2D eigenvalue weighted by Crippen LogP contribution is -2.58. The molecule has 0 radical (unpaired) electrons. The molecule has 3 aromatic rings. The molecule has 2 amide bonds. The van der Waals surface area contributed by atoms with Crippen LogP contribution < -0.4 is 5.32 Å². The van der Waals surface area contributed by atoms with E-state index in [0.29, 0.717) is 31.9 Å². The van der Waals surface area contributed by atoms with Crippen molar-refractivity contribution in [2.75, 3.05) is 33.2 Å². The van der Waals surface area contributed by atoms with Crippen molar-refractivity contribution in [1.29, 1.82) is 0 Å². The van der Waals surface area contributed by atoms with Crippen molar-refractivity contribution in [3.05, 3.63) is 53.5 Å². The Morgan fingerprint density at radius 2 is 1.94 bits per heavy atom. The van der Waals surface area contributed by atoms with Gasteiger partial charge in [-0.3, -0.25) is 19.2 Å². The van der Waals surface area contributed by atoms with E-state index in [1.54, 1.807) is 15.6 Å². The molecule has 1 N–H and O–H groups in total. The molecule has 170 valence electrons. The van der Waals surface area contributed by atoms with Gasteiger partial charge < -0.3 is 14.8 Å². The molecular weight excluding hydrogens is 404 g/mol. The van der Waals surface area contributed by atoms with Crippen LogP contribution in [0.4, 0.5) is 0 Å². The van der Waals surface area contributed by atoms with Gasteiger partial charge in [0.05, 0.1) is 0 Å². The number of hydrogen-bond acceptors (Lipinski definition) is 4. The quantitative estimate of drug-likeness (QED) is 0.640. The second-order valence-electron chi connectivity index (χ2n) is 8.49. The van der Waals surface area contributed by atoms with E-state index in [1.807, 2.05) is 31.1 Å². The molecule has 1 saturated heterocycles. The first-order chi connectivity index (χ1) is 15.4. The predicted molar refractivity (Wildman–Crippen MR) is 125 cm³/mol. The summed E-state index contributed by atoms with van der Waals surface area (Å²) in [5.74, 6) is -0.156. The number of nitrogens with one attached hydrogen (secondary N) is 1. The Bertz CT molecular complexity index is 1130. The minimum Gasteiger partial charge on any atom is -0.354 e. The summed E-state index contributed by atoms with van der Waals surface area (Å²) in [5.41, 5.74) is 4.13. The highest BCUT2D eigenvalue weighted by Crippen LogP contribution is 2.24. The first kappa shape index (κ1) is 22.1. The van der Waals surface area contributed by atoms with Gasteiger partial charge in [-0.05, 0) is 45.0 Å². The Morgan fingerprint density at radius 3 is 2.69 bits per heavy atom. The standard InChI is InChI=1S/C24H32N6O2/c1-5-30-13-11-20(26-30)24(32)29-15-14-27(3)22(16-29)23(31)25-12-10-18-17(2)28(4)21-9-7-6-8-19(18)21/h6-9,11,13,22H,5,10,12,14-16H2,1-4H3,(H,25,31)/t22-/m1/s1. The number of para-hydroxylation sites is 1. The Kier molecular flexibility index (Phi) is 6.32. The maximum Gasteiger partial charge on any atom is 0.274 e. The highest BCUT2D eigenvalue weighted by Gasteiger charge is 2.33. The molecule has 2 aromatic heterocycles. The summed E-state index contributed by atoms with van der Waals surface area (Å²) >= 11 is 0. The van der Waals surface area contributed by atoms with Crippen LogP contribution in [0.3, 0.4) is 0 Å². The van der Waals surface area contributed by atoms with E-state index in [2.05, 4.69) is 47.2 Å². The fraction of sp³-hybridized carbons (Fsp3) is 0.458. The molecule has 4 rings (SSSR count). The maximum atomic E-state index is 13.0. The van der Waals surface area contributed by atoms with Crippen molar-refractivity contribution >= 4 is 22.7 Å². The first-order valence-corrected chi connectivity index (χ1v) is 11.2. The summed E-state index contributed by atoms with van der Waals surface area (Å²) in [7, 11) is 4.01. The molecule has 0 bridgehead atoms. The summed E-state index contributed by atoms with van der Waals surface area (Å²) < 4.78 is 3.94. The van der Waals surface area contributed by atoms with Crippen molar-refractivity contribution < 1.29 is 9.59 Å². The number of carbonyl (C=O) groups is 2. The number of piperazine rings is 1. The number of hydrogen-bond donors (Lipinski definition) is 1. The first-order valence-electron chi connectivity index (χ1n) is 11.2. The second kappa shape index (κ2) is 9.16. The lowest BCUT2D eigenvalue weighted by Gasteiger charge is -2.38. The number of carbonyl (C=O) groups excluding carboxylic acids is 2. The summed E-state index contributed by atoms with van der Waals surface area (Å²) in [6, 6.07) is 9.73. The molecule has 0 unspecified atom stereocenters. The third-order valence-corrected chi connectivity index (χ3v) is 6.63. The molecule has 3 heterocycles. The van der Waals surface area contributed by atoms with Gasteiger partial charge in [0.25, 0.3) is 5.91 Å². The zero-order chi connectivity index (χ0) is 22.8. The highest BCUT2D eigenvalue weighted by atomic mass is 16.2. The number of aromatic nitrogens is 3. The second-order valence-corrected chi connectivity index (χ2v) is 8.49. The van der Waals surface area contributed by atoms with E-state index < -0.39 is 0 Å². The molecule has 0 aliphatic carbocycles. The number of aryl methyl sites for hydroxylation is 2. The molecular formula is C24H32N6O2. The van der Waals surface area contributed by atoms with Gasteiger partial charge in [0.2, 0.25) is 5.91 Å². The van der Waals surface area contributed by atoms with Gasteiger partial charge in [-0.2, -0.15) is 5.10 Å². The average Bonchev–Trinajstić information content (AvgIpc) is 3.38. The highest BCUT2D eigenvalue weighted by molar-refractivity contribution is 5.93. The van der Waals surface area contributed by atoms with Crippen molar-refractivity contribution in [2.24, 2.45) is 7.05 Å². The van der Waals surface area contributed by atoms with E-state index >= 15 is 0 Å². The number of amides is 2. The monoisotopic (exact) mass is 436 g/mol. The van der Waals surface area contributed by atoms with Crippen LogP contribution in [0.1, 0.15) is 28.7 Å². The van der Waals surface area contributed by atoms with Crippen molar-refractivity contribution in [3.63, 3.8) is 0 Å². The zero-order valence-corrected chi connectivity index (χ0v) is 19.3. The Balaban J connectivity index is 1.38. The van der Waals surface area contributed by atoms with Gasteiger partial charge in [-0.1, -0.05) is 18.2 Å². The molecule has 1 fully saturated rings. The number of nitrogens with zero attached hydrogens (tertiary/aromatic N) is 5. The van der Waals surface area contributed by atoms with Gasteiger partial charge in [0.15, 0.2) is 0 Å². The van der Waals surface area contributed by atoms with Crippen molar-refractivity contribution in [2.45, 2.75) is 32.9 Å². The average molecular weight is 437 g/mol. The molecule has 1 aliphatic heterocycles. The van der Waals surface area contributed by atoms with Crippen LogP contribution in [-0.2, 0) is 24.8 Å². The number of rotatable bonds is 6. The summed E-state index contributed by atoms with van der Waals surface area (Å²) in [5, 5.41) is 8.65. The van der Waals surface area contributed by atoms with E-state index in [0.717, 1.165) is 13.0 Å². The van der Waals surface area contributed by atoms with Crippen LogP contribution in [0.25, 0.3) is 10.9 Å². The van der Waals surface area contributed by atoms with E-state index in [1.165, 1.54) is 22.2 Å². The molecule has 1 aliphatic rings. The third kappa shape index (κ3) is 4.14. The third-order valence-electron chi connectivity index (χ3n) is 6.63. The molecule has 1 atom stereocenters. The Labute approximate surface area is 188 Å². The lowest BCUT2D eigenvalue weighted by molar-refractivity contribution is -0.127. The van der Waals surface area contributed by atoms with Gasteiger partial charge in [-0.15, -0.1) is 0 Å². The van der Waals surface area contributed by atoms with E-state index in [-0.39, 0.29) is 17.9 Å². The Hall–Kier alpha value is -3.13. The van der Waals surface area contributed by atoms with Crippen molar-refractivity contribution in [1.82, 2.24) is 29.5 Å². The van der Waals surface area contributed by atoms with Gasteiger partial charge >= 0.3 is 0 Å².